The first-order valence-corrected chi connectivity index (χ1v) is 9.48. The van der Waals surface area contributed by atoms with Gasteiger partial charge in [-0.2, -0.15) is 0 Å². The molecule has 0 aliphatic heterocycles. The van der Waals surface area contributed by atoms with Crippen molar-refractivity contribution in [1.82, 2.24) is 0 Å². The van der Waals surface area contributed by atoms with Crippen LogP contribution in [0.4, 0.5) is 0 Å². The van der Waals surface area contributed by atoms with Crippen LogP contribution in [0.15, 0.2) is 23.3 Å². The van der Waals surface area contributed by atoms with Gasteiger partial charge in [-0.05, 0) is 56.4 Å². The Morgan fingerprint density at radius 2 is 2.04 bits per heavy atom. The van der Waals surface area contributed by atoms with Gasteiger partial charge >= 0.3 is 0 Å². The lowest BCUT2D eigenvalue weighted by Crippen LogP contribution is -2.46. The molecular formula is C21H28O3. The summed E-state index contributed by atoms with van der Waals surface area (Å²) in [5, 5.41) is 0. The number of ketones is 2. The number of hydrogen-bond donors (Lipinski definition) is 0. The minimum absolute atomic E-state index is 0.0276. The van der Waals surface area contributed by atoms with Crippen LogP contribution >= 0.6 is 0 Å². The quantitative estimate of drug-likeness (QED) is 0.735. The first-order valence-electron chi connectivity index (χ1n) is 9.48. The Kier molecular flexibility index (Phi) is 3.83. The van der Waals surface area contributed by atoms with Gasteiger partial charge in [0.1, 0.15) is 5.78 Å². The van der Waals surface area contributed by atoms with Gasteiger partial charge in [0.25, 0.3) is 0 Å². The third-order valence-corrected chi connectivity index (χ3v) is 7.53. The Bertz CT molecular complexity index is 643. The fourth-order valence-corrected chi connectivity index (χ4v) is 6.17. The lowest BCUT2D eigenvalue weighted by Gasteiger charge is -2.53. The summed E-state index contributed by atoms with van der Waals surface area (Å²) in [6.07, 6.45) is 11.7. The van der Waals surface area contributed by atoms with E-state index in [1.165, 1.54) is 5.57 Å². The molecule has 0 N–H and O–H groups in total. The minimum Gasteiger partial charge on any atom is -0.385 e. The third kappa shape index (κ3) is 2.13. The van der Waals surface area contributed by atoms with Gasteiger partial charge in [-0.1, -0.05) is 24.1 Å². The van der Waals surface area contributed by atoms with Gasteiger partial charge in [-0.15, -0.1) is 0 Å². The molecule has 0 saturated heterocycles. The molecule has 24 heavy (non-hydrogen) atoms. The standard InChI is InChI=1S/C21H28O3/c1-20-9-8-18-16(17(20)5-6-19(20)23)4-3-14-13-15(22)7-10-21(14,18)11-12-24-2/h8,13,16-17H,3-7,9-12H2,1-2H3/t16-,17-,20-,21+/m0/s1. The normalized spacial score (nSPS) is 41.2. The molecule has 2 fully saturated rings. The molecule has 0 amide bonds. The molecule has 4 aliphatic rings. The second-order valence-corrected chi connectivity index (χ2v) is 8.46. The highest BCUT2D eigenvalue weighted by Gasteiger charge is 2.56. The molecule has 130 valence electrons. The van der Waals surface area contributed by atoms with Crippen molar-refractivity contribution in [1.29, 1.82) is 0 Å². The van der Waals surface area contributed by atoms with Crippen LogP contribution < -0.4 is 0 Å². The number of ether oxygens (including phenoxy) is 1. The minimum atomic E-state index is -0.137. The highest BCUT2D eigenvalue weighted by molar-refractivity contribution is 5.92. The molecule has 3 heteroatoms. The van der Waals surface area contributed by atoms with E-state index in [0.717, 1.165) is 51.6 Å². The summed E-state index contributed by atoms with van der Waals surface area (Å²) in [7, 11) is 1.76. The van der Waals surface area contributed by atoms with Crippen LogP contribution in [0, 0.1) is 22.7 Å². The van der Waals surface area contributed by atoms with E-state index < -0.39 is 0 Å². The van der Waals surface area contributed by atoms with E-state index in [1.54, 1.807) is 12.7 Å². The van der Waals surface area contributed by atoms with Crippen LogP contribution in [0.2, 0.25) is 0 Å². The van der Waals surface area contributed by atoms with Gasteiger partial charge in [0.15, 0.2) is 5.78 Å². The summed E-state index contributed by atoms with van der Waals surface area (Å²) in [4.78, 5) is 24.5. The van der Waals surface area contributed by atoms with Gasteiger partial charge in [0.05, 0.1) is 0 Å². The van der Waals surface area contributed by atoms with E-state index in [4.69, 9.17) is 4.74 Å². The van der Waals surface area contributed by atoms with Crippen LogP contribution in [-0.2, 0) is 14.3 Å². The molecular weight excluding hydrogens is 300 g/mol. The van der Waals surface area contributed by atoms with E-state index in [-0.39, 0.29) is 16.6 Å². The Hall–Kier alpha value is -1.22. The first kappa shape index (κ1) is 16.3. The molecule has 0 unspecified atom stereocenters. The molecule has 3 nitrogen and oxygen atoms in total. The van der Waals surface area contributed by atoms with Gasteiger partial charge in [0.2, 0.25) is 0 Å². The molecule has 2 saturated carbocycles. The van der Waals surface area contributed by atoms with Crippen molar-refractivity contribution in [2.75, 3.05) is 13.7 Å². The van der Waals surface area contributed by atoms with E-state index in [2.05, 4.69) is 13.0 Å². The van der Waals surface area contributed by atoms with E-state index in [9.17, 15) is 9.59 Å². The summed E-state index contributed by atoms with van der Waals surface area (Å²) in [5.41, 5.74) is 2.77. The summed E-state index contributed by atoms with van der Waals surface area (Å²) in [6, 6.07) is 0. The van der Waals surface area contributed by atoms with E-state index in [1.807, 2.05) is 6.08 Å². The summed E-state index contributed by atoms with van der Waals surface area (Å²) in [5.74, 6) is 1.78. The zero-order valence-corrected chi connectivity index (χ0v) is 14.9. The molecule has 0 bridgehead atoms. The Morgan fingerprint density at radius 1 is 1.21 bits per heavy atom. The summed E-state index contributed by atoms with van der Waals surface area (Å²) in [6.45, 7) is 2.92. The largest absolute Gasteiger partial charge is 0.385 e. The number of fused-ring (bicyclic) bond motifs is 5. The SMILES string of the molecule is COCC[C@]12CCC(=O)C=C1CC[C@@H]1C2=CC[C@]2(C)C(=O)CC[C@@H]12. The predicted molar refractivity (Wildman–Crippen MR) is 92.5 cm³/mol. The van der Waals surface area contributed by atoms with Crippen molar-refractivity contribution in [2.24, 2.45) is 22.7 Å². The van der Waals surface area contributed by atoms with Gasteiger partial charge in [-0.3, -0.25) is 9.59 Å². The number of Topliss-reactive ketones (excluding diaryl/α,β-unsaturated/α-hetero) is 1. The van der Waals surface area contributed by atoms with Crippen molar-refractivity contribution < 1.29 is 14.3 Å². The lowest BCUT2D eigenvalue weighted by atomic mass is 9.50. The average molecular weight is 328 g/mol. The van der Waals surface area contributed by atoms with Crippen molar-refractivity contribution in [2.45, 2.75) is 58.3 Å². The summed E-state index contributed by atoms with van der Waals surface area (Å²) < 4.78 is 5.42. The molecule has 0 radical (unpaired) electrons. The van der Waals surface area contributed by atoms with Crippen LogP contribution in [-0.4, -0.2) is 25.3 Å². The third-order valence-electron chi connectivity index (χ3n) is 7.53. The molecule has 4 rings (SSSR count). The number of hydrogen-bond acceptors (Lipinski definition) is 3. The Labute approximate surface area is 144 Å². The van der Waals surface area contributed by atoms with Crippen LogP contribution in [0.1, 0.15) is 58.3 Å². The topological polar surface area (TPSA) is 43.4 Å². The molecule has 4 aliphatic carbocycles. The number of allylic oxidation sites excluding steroid dienone is 4. The number of methoxy groups -OCH3 is 1. The van der Waals surface area contributed by atoms with E-state index in [0.29, 0.717) is 24.0 Å². The van der Waals surface area contributed by atoms with Crippen molar-refractivity contribution >= 4 is 11.6 Å². The highest BCUT2D eigenvalue weighted by Crippen LogP contribution is 2.63. The second kappa shape index (κ2) is 5.66. The van der Waals surface area contributed by atoms with Crippen LogP contribution in [0.25, 0.3) is 0 Å². The smallest absolute Gasteiger partial charge is 0.155 e. The van der Waals surface area contributed by atoms with Gasteiger partial charge in [-0.25, -0.2) is 0 Å². The van der Waals surface area contributed by atoms with Gasteiger partial charge in [0, 0.05) is 37.4 Å². The highest BCUT2D eigenvalue weighted by atomic mass is 16.5. The fraction of sp³-hybridized carbons (Fsp3) is 0.714. The second-order valence-electron chi connectivity index (χ2n) is 8.46. The fourth-order valence-electron chi connectivity index (χ4n) is 6.17. The summed E-state index contributed by atoms with van der Waals surface area (Å²) >= 11 is 0. The molecule has 0 aromatic carbocycles. The van der Waals surface area contributed by atoms with Crippen LogP contribution in [0.3, 0.4) is 0 Å². The molecule has 0 aromatic rings. The lowest BCUT2D eigenvalue weighted by molar-refractivity contribution is -0.127. The van der Waals surface area contributed by atoms with Crippen molar-refractivity contribution in [3.05, 3.63) is 23.3 Å². The molecule has 0 spiro atoms. The molecule has 0 aromatic heterocycles. The maximum atomic E-state index is 12.5. The van der Waals surface area contributed by atoms with Crippen molar-refractivity contribution in [3.8, 4) is 0 Å². The molecule has 4 atom stereocenters. The zero-order valence-electron chi connectivity index (χ0n) is 14.9. The average Bonchev–Trinajstić information content (AvgIpc) is 2.88. The Balaban J connectivity index is 1.77. The number of carbonyl (C=O) groups is 2. The number of rotatable bonds is 3. The zero-order chi connectivity index (χ0) is 16.9. The predicted octanol–water partition coefficient (Wildman–Crippen LogP) is 4.02. The number of carbonyl (C=O) groups excluding carboxylic acids is 2. The van der Waals surface area contributed by atoms with E-state index >= 15 is 0 Å². The van der Waals surface area contributed by atoms with Gasteiger partial charge < -0.3 is 4.74 Å². The Morgan fingerprint density at radius 3 is 2.83 bits per heavy atom. The van der Waals surface area contributed by atoms with Crippen LogP contribution in [0.5, 0.6) is 0 Å². The monoisotopic (exact) mass is 328 g/mol. The van der Waals surface area contributed by atoms with Crippen molar-refractivity contribution in [3.63, 3.8) is 0 Å². The maximum Gasteiger partial charge on any atom is 0.155 e. The first-order chi connectivity index (χ1) is 11.5. The maximum absolute atomic E-state index is 12.5. The molecule has 0 heterocycles.